The molecule has 2 aromatic rings. The number of benzene rings is 1. The molecule has 0 aliphatic rings. The van der Waals surface area contributed by atoms with E-state index in [1.807, 2.05) is 24.3 Å². The van der Waals surface area contributed by atoms with Crippen molar-refractivity contribution in [2.75, 3.05) is 13.2 Å². The second-order valence-electron chi connectivity index (χ2n) is 9.41. The maximum Gasteiger partial charge on any atom is 0.159 e. The van der Waals surface area contributed by atoms with Crippen molar-refractivity contribution < 1.29 is 9.47 Å². The molecule has 1 aromatic carbocycles. The summed E-state index contributed by atoms with van der Waals surface area (Å²) in [5.41, 5.74) is 0.994. The molecule has 1 heterocycles. The van der Waals surface area contributed by atoms with Gasteiger partial charge in [-0.15, -0.1) is 0 Å². The van der Waals surface area contributed by atoms with Crippen molar-refractivity contribution in [2.24, 2.45) is 0 Å². The molecule has 0 N–H and O–H groups in total. The molecule has 2 rings (SSSR count). The van der Waals surface area contributed by atoms with Gasteiger partial charge in [0.05, 0.1) is 25.6 Å². The zero-order valence-electron chi connectivity index (χ0n) is 21.9. The van der Waals surface area contributed by atoms with Gasteiger partial charge in [0, 0.05) is 5.56 Å². The van der Waals surface area contributed by atoms with Crippen LogP contribution in [0.3, 0.4) is 0 Å². The molecule has 0 unspecified atom stereocenters. The summed E-state index contributed by atoms with van der Waals surface area (Å²) >= 11 is 0. The fourth-order valence-electron chi connectivity index (χ4n) is 4.09. The van der Waals surface area contributed by atoms with Crippen LogP contribution in [-0.4, -0.2) is 23.2 Å². The molecule has 0 atom stereocenters. The molecule has 4 nitrogen and oxygen atoms in total. The summed E-state index contributed by atoms with van der Waals surface area (Å²) in [5, 5.41) is 0. The van der Waals surface area contributed by atoms with Gasteiger partial charge in [0.25, 0.3) is 0 Å². The maximum atomic E-state index is 5.87. The number of aromatic nitrogens is 2. The van der Waals surface area contributed by atoms with Crippen molar-refractivity contribution in [3.63, 3.8) is 0 Å². The van der Waals surface area contributed by atoms with E-state index < -0.39 is 0 Å². The minimum atomic E-state index is 0.716. The third-order valence-corrected chi connectivity index (χ3v) is 6.27. The molecule has 1 aromatic heterocycles. The quantitative estimate of drug-likeness (QED) is 0.171. The number of nitrogens with zero attached hydrogens (tertiary/aromatic N) is 2. The van der Waals surface area contributed by atoms with E-state index in [1.165, 1.54) is 89.9 Å². The first-order chi connectivity index (χ1) is 16.8. The van der Waals surface area contributed by atoms with Gasteiger partial charge in [-0.3, -0.25) is 0 Å². The minimum Gasteiger partial charge on any atom is -0.494 e. The Morgan fingerprint density at radius 1 is 0.500 bits per heavy atom. The summed E-state index contributed by atoms with van der Waals surface area (Å²) in [5.74, 6) is 2.38. The topological polar surface area (TPSA) is 44.2 Å². The first kappa shape index (κ1) is 28.1. The predicted octanol–water partition coefficient (Wildman–Crippen LogP) is 9.18. The lowest BCUT2D eigenvalue weighted by Gasteiger charge is -2.08. The molecule has 190 valence electrons. The van der Waals surface area contributed by atoms with Gasteiger partial charge < -0.3 is 9.47 Å². The molecule has 0 bridgehead atoms. The van der Waals surface area contributed by atoms with Crippen molar-refractivity contribution in [3.05, 3.63) is 36.7 Å². The number of rotatable bonds is 21. The number of ether oxygens (including phenoxy) is 2. The van der Waals surface area contributed by atoms with E-state index in [2.05, 4.69) is 23.8 Å². The van der Waals surface area contributed by atoms with Crippen LogP contribution in [0.2, 0.25) is 0 Å². The van der Waals surface area contributed by atoms with Crippen LogP contribution in [0.4, 0.5) is 0 Å². The second kappa shape index (κ2) is 19.2. The zero-order chi connectivity index (χ0) is 24.1. The summed E-state index contributed by atoms with van der Waals surface area (Å²) in [6.07, 6.45) is 24.5. The first-order valence-electron chi connectivity index (χ1n) is 14.0. The molecule has 34 heavy (non-hydrogen) atoms. The highest BCUT2D eigenvalue weighted by molar-refractivity contribution is 5.56. The highest BCUT2D eigenvalue weighted by atomic mass is 16.5. The van der Waals surface area contributed by atoms with Crippen molar-refractivity contribution in [1.82, 2.24) is 9.97 Å². The average molecular weight is 469 g/mol. The average Bonchev–Trinajstić information content (AvgIpc) is 2.87. The highest BCUT2D eigenvalue weighted by Gasteiger charge is 2.03. The van der Waals surface area contributed by atoms with Gasteiger partial charge in [-0.05, 0) is 37.1 Å². The largest absolute Gasteiger partial charge is 0.494 e. The Kier molecular flexibility index (Phi) is 15.9. The molecule has 0 amide bonds. The van der Waals surface area contributed by atoms with Crippen molar-refractivity contribution in [3.8, 4) is 22.9 Å². The Labute approximate surface area is 208 Å². The molecular weight excluding hydrogens is 420 g/mol. The molecule has 4 heteroatoms. The highest BCUT2D eigenvalue weighted by Crippen LogP contribution is 2.21. The summed E-state index contributed by atoms with van der Waals surface area (Å²) in [4.78, 5) is 8.97. The zero-order valence-corrected chi connectivity index (χ0v) is 21.9. The van der Waals surface area contributed by atoms with Crippen LogP contribution in [0.25, 0.3) is 11.4 Å². The van der Waals surface area contributed by atoms with E-state index in [0.717, 1.165) is 43.1 Å². The smallest absolute Gasteiger partial charge is 0.159 e. The number of hydrogen-bond donors (Lipinski definition) is 0. The third kappa shape index (κ3) is 13.0. The van der Waals surface area contributed by atoms with E-state index in [-0.39, 0.29) is 0 Å². The minimum absolute atomic E-state index is 0.716. The first-order valence-corrected chi connectivity index (χ1v) is 14.0. The normalized spacial score (nSPS) is 11.0. The van der Waals surface area contributed by atoms with Crippen molar-refractivity contribution >= 4 is 0 Å². The van der Waals surface area contributed by atoms with Crippen LogP contribution < -0.4 is 9.47 Å². The lowest BCUT2D eigenvalue weighted by Crippen LogP contribution is -1.99. The molecule has 0 saturated carbocycles. The van der Waals surface area contributed by atoms with Gasteiger partial charge in [-0.25, -0.2) is 9.97 Å². The monoisotopic (exact) mass is 468 g/mol. The lowest BCUT2D eigenvalue weighted by atomic mass is 10.1. The Morgan fingerprint density at radius 2 is 0.912 bits per heavy atom. The number of unbranched alkanes of at least 4 members (excludes halogenated alkanes) is 14. The Bertz CT molecular complexity index is 716. The summed E-state index contributed by atoms with van der Waals surface area (Å²) in [7, 11) is 0. The molecular formula is C30H48N2O2. The fraction of sp³-hybridized carbons (Fsp3) is 0.667. The molecule has 0 radical (unpaired) electrons. The van der Waals surface area contributed by atoms with E-state index in [4.69, 9.17) is 9.47 Å². The fourth-order valence-corrected chi connectivity index (χ4v) is 4.09. The van der Waals surface area contributed by atoms with Crippen LogP contribution in [0.1, 0.15) is 117 Å². The van der Waals surface area contributed by atoms with E-state index >= 15 is 0 Å². The van der Waals surface area contributed by atoms with Gasteiger partial charge in [-0.1, -0.05) is 104 Å². The summed E-state index contributed by atoms with van der Waals surface area (Å²) < 4.78 is 11.7. The standard InChI is InChI=1S/C30H48N2O2/c1-3-5-7-9-11-12-13-14-16-18-24-34-29-25-31-30(32-26-29)27-19-21-28(22-20-27)33-23-17-15-10-8-6-4-2/h19-22,25-26H,3-18,23-24H2,1-2H3. The Balaban J connectivity index is 1.56. The molecule has 0 aliphatic carbocycles. The van der Waals surface area contributed by atoms with Gasteiger partial charge in [0.15, 0.2) is 11.6 Å². The van der Waals surface area contributed by atoms with Crippen LogP contribution in [0.15, 0.2) is 36.7 Å². The van der Waals surface area contributed by atoms with Gasteiger partial charge >= 0.3 is 0 Å². The van der Waals surface area contributed by atoms with E-state index in [1.54, 1.807) is 12.4 Å². The van der Waals surface area contributed by atoms with Crippen molar-refractivity contribution in [1.29, 1.82) is 0 Å². The van der Waals surface area contributed by atoms with E-state index in [9.17, 15) is 0 Å². The molecule has 0 spiro atoms. The second-order valence-corrected chi connectivity index (χ2v) is 9.41. The predicted molar refractivity (Wildman–Crippen MR) is 144 cm³/mol. The van der Waals surface area contributed by atoms with Gasteiger partial charge in [0.2, 0.25) is 0 Å². The van der Waals surface area contributed by atoms with E-state index in [0.29, 0.717) is 5.82 Å². The van der Waals surface area contributed by atoms with Crippen LogP contribution in [0, 0.1) is 0 Å². The van der Waals surface area contributed by atoms with Crippen LogP contribution in [0.5, 0.6) is 11.5 Å². The van der Waals surface area contributed by atoms with Crippen LogP contribution >= 0.6 is 0 Å². The van der Waals surface area contributed by atoms with Crippen LogP contribution in [-0.2, 0) is 0 Å². The molecule has 0 fully saturated rings. The molecule has 0 aliphatic heterocycles. The summed E-state index contributed by atoms with van der Waals surface area (Å²) in [6.45, 7) is 6.05. The SMILES string of the molecule is CCCCCCCCCCCCOc1cnc(-c2ccc(OCCCCCCCC)cc2)nc1. The van der Waals surface area contributed by atoms with Gasteiger partial charge in [-0.2, -0.15) is 0 Å². The maximum absolute atomic E-state index is 5.87. The van der Waals surface area contributed by atoms with Crippen molar-refractivity contribution in [2.45, 2.75) is 117 Å². The molecule has 0 saturated heterocycles. The lowest BCUT2D eigenvalue weighted by molar-refractivity contribution is 0.302. The van der Waals surface area contributed by atoms with Gasteiger partial charge in [0.1, 0.15) is 5.75 Å². The third-order valence-electron chi connectivity index (χ3n) is 6.27. The summed E-state index contributed by atoms with van der Waals surface area (Å²) in [6, 6.07) is 8.06. The number of hydrogen-bond acceptors (Lipinski definition) is 4. The Hall–Kier alpha value is -2.10. The Morgan fingerprint density at radius 3 is 1.38 bits per heavy atom.